The van der Waals surface area contributed by atoms with E-state index in [0.717, 1.165) is 24.1 Å². The number of carboxylic acids is 1. The normalized spacial score (nSPS) is 31.1. The maximum atomic E-state index is 12.2. The second-order valence-electron chi connectivity index (χ2n) is 8.73. The van der Waals surface area contributed by atoms with Crippen LogP contribution >= 0.6 is 0 Å². The van der Waals surface area contributed by atoms with Crippen molar-refractivity contribution < 1.29 is 14.7 Å². The third-order valence-electron chi connectivity index (χ3n) is 6.78. The maximum absolute atomic E-state index is 12.2. The van der Waals surface area contributed by atoms with E-state index in [1.807, 2.05) is 6.92 Å². The van der Waals surface area contributed by atoms with Gasteiger partial charge in [0, 0.05) is 5.56 Å². The van der Waals surface area contributed by atoms with Crippen LogP contribution in [0.3, 0.4) is 0 Å². The van der Waals surface area contributed by atoms with Crippen molar-refractivity contribution in [1.82, 2.24) is 0 Å². The molecule has 1 aromatic carbocycles. The molecule has 0 spiro atoms. The summed E-state index contributed by atoms with van der Waals surface area (Å²) in [5, 5.41) is 14.4. The number of rotatable bonds is 4. The van der Waals surface area contributed by atoms with Gasteiger partial charge in [0.1, 0.15) is 0 Å². The van der Waals surface area contributed by atoms with Crippen LogP contribution in [0.2, 0.25) is 0 Å². The number of aliphatic carboxylic acids is 1. The molecule has 3 rings (SSSR count). The van der Waals surface area contributed by atoms with Gasteiger partial charge >= 0.3 is 5.97 Å². The molecule has 0 heterocycles. The van der Waals surface area contributed by atoms with Crippen LogP contribution in [0.4, 0.5) is 0 Å². The van der Waals surface area contributed by atoms with Gasteiger partial charge in [-0.05, 0) is 60.6 Å². The lowest BCUT2D eigenvalue weighted by Crippen LogP contribution is -2.53. The molecule has 0 unspecified atom stereocenters. The summed E-state index contributed by atoms with van der Waals surface area (Å²) in [5.74, 6) is 2.10. The van der Waals surface area contributed by atoms with E-state index in [-0.39, 0.29) is 17.9 Å². The number of hydrogen-bond acceptors (Lipinski definition) is 3. The highest BCUT2D eigenvalue weighted by Crippen LogP contribution is 2.57. The van der Waals surface area contributed by atoms with Crippen molar-refractivity contribution in [3.8, 4) is 12.3 Å². The molecule has 0 bridgehead atoms. The lowest BCUT2D eigenvalue weighted by molar-refractivity contribution is -0.156. The smallest absolute Gasteiger partial charge is 0.309 e. The summed E-state index contributed by atoms with van der Waals surface area (Å²) in [6.07, 6.45) is 8.49. The van der Waals surface area contributed by atoms with Crippen LogP contribution in [0.5, 0.6) is 0 Å². The SMILES string of the molecule is C#CCO/N=C1\C[C@H]2[C@](C)(C(=O)O)CCC[C@]2(C)c2ccc(C(C)C)cc21. The first-order valence-electron chi connectivity index (χ1n) is 9.74. The summed E-state index contributed by atoms with van der Waals surface area (Å²) in [5.41, 5.74) is 3.40. The highest BCUT2D eigenvalue weighted by molar-refractivity contribution is 6.04. The Hall–Kier alpha value is -2.28. The standard InChI is InChI=1S/C23H29NO3/c1-6-12-27-24-19-14-20-22(4,10-7-11-23(20,5)21(25)26)18-9-8-16(15(2)3)13-17(18)19/h1,8-9,13,15,20H,7,10-12,14H2,2-5H3,(H,25,26)/b24-19+/t20-,22-,23-/m1/s1. The Bertz CT molecular complexity index is 819. The molecule has 1 aromatic rings. The minimum atomic E-state index is -0.770. The van der Waals surface area contributed by atoms with Crippen molar-refractivity contribution in [3.05, 3.63) is 34.9 Å². The van der Waals surface area contributed by atoms with Gasteiger partial charge in [-0.3, -0.25) is 4.79 Å². The van der Waals surface area contributed by atoms with Crippen LogP contribution in [-0.4, -0.2) is 23.4 Å². The van der Waals surface area contributed by atoms with E-state index in [1.54, 1.807) is 0 Å². The molecule has 2 aliphatic rings. The first-order valence-corrected chi connectivity index (χ1v) is 9.74. The summed E-state index contributed by atoms with van der Waals surface area (Å²) in [6, 6.07) is 6.55. The number of nitrogens with zero attached hydrogens (tertiary/aromatic N) is 1. The molecule has 3 atom stereocenters. The van der Waals surface area contributed by atoms with Crippen molar-refractivity contribution in [2.24, 2.45) is 16.5 Å². The molecule has 4 nitrogen and oxygen atoms in total. The Morgan fingerprint density at radius 3 is 2.78 bits per heavy atom. The molecular weight excluding hydrogens is 338 g/mol. The van der Waals surface area contributed by atoms with E-state index in [2.05, 4.69) is 50.0 Å². The molecule has 0 aliphatic heterocycles. The van der Waals surface area contributed by atoms with Gasteiger partial charge in [-0.2, -0.15) is 0 Å². The zero-order valence-electron chi connectivity index (χ0n) is 16.7. The number of benzene rings is 1. The predicted molar refractivity (Wildman–Crippen MR) is 107 cm³/mol. The third kappa shape index (κ3) is 3.14. The van der Waals surface area contributed by atoms with Crippen molar-refractivity contribution >= 4 is 11.7 Å². The minimum absolute atomic E-state index is 0.0261. The van der Waals surface area contributed by atoms with Gasteiger partial charge in [0.25, 0.3) is 0 Å². The summed E-state index contributed by atoms with van der Waals surface area (Å²) in [4.78, 5) is 17.5. The fourth-order valence-corrected chi connectivity index (χ4v) is 5.10. The Kier molecular flexibility index (Phi) is 5.08. The lowest BCUT2D eigenvalue weighted by Gasteiger charge is -2.53. The van der Waals surface area contributed by atoms with Crippen LogP contribution in [0.15, 0.2) is 23.4 Å². The van der Waals surface area contributed by atoms with Crippen LogP contribution in [0, 0.1) is 23.7 Å². The first-order chi connectivity index (χ1) is 12.7. The number of hydrogen-bond donors (Lipinski definition) is 1. The van der Waals surface area contributed by atoms with Gasteiger partial charge in [-0.15, -0.1) is 6.42 Å². The van der Waals surface area contributed by atoms with Crippen LogP contribution in [-0.2, 0) is 15.0 Å². The quantitative estimate of drug-likeness (QED) is 0.476. The summed E-state index contributed by atoms with van der Waals surface area (Å²) < 4.78 is 0. The maximum Gasteiger partial charge on any atom is 0.309 e. The molecule has 0 aromatic heterocycles. The topological polar surface area (TPSA) is 58.9 Å². The highest BCUT2D eigenvalue weighted by Gasteiger charge is 2.56. The molecule has 2 aliphatic carbocycles. The van der Waals surface area contributed by atoms with Gasteiger partial charge in [-0.25, -0.2) is 0 Å². The molecule has 0 amide bonds. The van der Waals surface area contributed by atoms with E-state index in [9.17, 15) is 9.90 Å². The number of terminal acetylenes is 1. The Morgan fingerprint density at radius 2 is 2.15 bits per heavy atom. The molecule has 0 radical (unpaired) electrons. The molecule has 27 heavy (non-hydrogen) atoms. The van der Waals surface area contributed by atoms with E-state index >= 15 is 0 Å². The van der Waals surface area contributed by atoms with Gasteiger partial charge in [-0.1, -0.05) is 50.4 Å². The molecule has 1 saturated carbocycles. The fraction of sp³-hybridized carbons (Fsp3) is 0.565. The predicted octanol–water partition coefficient (Wildman–Crippen LogP) is 4.72. The van der Waals surface area contributed by atoms with Gasteiger partial charge < -0.3 is 9.94 Å². The second-order valence-corrected chi connectivity index (χ2v) is 8.73. The number of oxime groups is 1. The summed E-state index contributed by atoms with van der Waals surface area (Å²) in [6.45, 7) is 8.57. The number of carbonyl (C=O) groups is 1. The monoisotopic (exact) mass is 367 g/mol. The van der Waals surface area contributed by atoms with Crippen LogP contribution in [0.1, 0.15) is 76.0 Å². The lowest BCUT2D eigenvalue weighted by atomic mass is 9.49. The average molecular weight is 367 g/mol. The molecule has 0 saturated heterocycles. The van der Waals surface area contributed by atoms with E-state index in [0.29, 0.717) is 18.8 Å². The Morgan fingerprint density at radius 1 is 1.41 bits per heavy atom. The number of fused-ring (bicyclic) bond motifs is 3. The van der Waals surface area contributed by atoms with Gasteiger partial charge in [0.2, 0.25) is 0 Å². The average Bonchev–Trinajstić information content (AvgIpc) is 2.62. The highest BCUT2D eigenvalue weighted by atomic mass is 16.6. The molecule has 1 N–H and O–H groups in total. The first kappa shape index (κ1) is 19.5. The minimum Gasteiger partial charge on any atom is -0.481 e. The van der Waals surface area contributed by atoms with Crippen LogP contribution < -0.4 is 0 Å². The Balaban J connectivity index is 2.18. The van der Waals surface area contributed by atoms with Gasteiger partial charge in [0.15, 0.2) is 6.61 Å². The van der Waals surface area contributed by atoms with Crippen molar-refractivity contribution in [2.45, 2.75) is 64.7 Å². The molecular formula is C23H29NO3. The summed E-state index contributed by atoms with van der Waals surface area (Å²) >= 11 is 0. The third-order valence-corrected chi connectivity index (χ3v) is 6.78. The second kappa shape index (κ2) is 7.03. The van der Waals surface area contributed by atoms with Crippen molar-refractivity contribution in [2.75, 3.05) is 6.61 Å². The largest absolute Gasteiger partial charge is 0.481 e. The zero-order chi connectivity index (χ0) is 19.8. The molecule has 144 valence electrons. The van der Waals surface area contributed by atoms with E-state index in [4.69, 9.17) is 11.3 Å². The molecule has 4 heteroatoms. The van der Waals surface area contributed by atoms with Gasteiger partial charge in [0.05, 0.1) is 11.1 Å². The summed E-state index contributed by atoms with van der Waals surface area (Å²) in [7, 11) is 0. The zero-order valence-corrected chi connectivity index (χ0v) is 16.7. The van der Waals surface area contributed by atoms with Crippen LogP contribution in [0.25, 0.3) is 0 Å². The molecule has 1 fully saturated rings. The van der Waals surface area contributed by atoms with E-state index in [1.165, 1.54) is 11.1 Å². The Labute approximate surface area is 162 Å². The van der Waals surface area contributed by atoms with Crippen molar-refractivity contribution in [3.63, 3.8) is 0 Å². The van der Waals surface area contributed by atoms with Crippen molar-refractivity contribution in [1.29, 1.82) is 0 Å². The fourth-order valence-electron chi connectivity index (χ4n) is 5.10. The van der Waals surface area contributed by atoms with E-state index < -0.39 is 11.4 Å². The number of carboxylic acid groups (broad SMARTS) is 1.